The van der Waals surface area contributed by atoms with Gasteiger partial charge in [0.1, 0.15) is 17.6 Å². The highest BCUT2D eigenvalue weighted by atomic mass is 16.5. The molecule has 1 aliphatic heterocycles. The lowest BCUT2D eigenvalue weighted by atomic mass is 9.97. The maximum Gasteiger partial charge on any atom is 0.331 e. The van der Waals surface area contributed by atoms with Gasteiger partial charge in [0, 0.05) is 25.7 Å². The Balaban J connectivity index is 2.02. The Hall–Kier alpha value is -3.78. The average Bonchev–Trinajstić information content (AvgIpc) is 3.15. The molecule has 1 aliphatic rings. The predicted octanol–water partition coefficient (Wildman–Crippen LogP) is 3.28. The largest absolute Gasteiger partial charge is 0.508 e. The van der Waals surface area contributed by atoms with E-state index in [0.29, 0.717) is 34.5 Å². The minimum absolute atomic E-state index is 0.0700. The molecule has 0 saturated heterocycles. The number of aryl methyl sites for hydroxylation is 2. The van der Waals surface area contributed by atoms with Gasteiger partial charge in [-0.15, -0.1) is 0 Å². The third kappa shape index (κ3) is 3.02. The first kappa shape index (κ1) is 22.0. The van der Waals surface area contributed by atoms with Crippen LogP contribution in [0.1, 0.15) is 36.8 Å². The second-order valence-corrected chi connectivity index (χ2v) is 9.61. The molecule has 8 heteroatoms. The van der Waals surface area contributed by atoms with Crippen LogP contribution in [0.5, 0.6) is 11.5 Å². The van der Waals surface area contributed by atoms with E-state index in [1.165, 1.54) is 23.7 Å². The number of benzene rings is 2. The van der Waals surface area contributed by atoms with Gasteiger partial charge in [-0.3, -0.25) is 13.9 Å². The Bertz CT molecular complexity index is 1590. The van der Waals surface area contributed by atoms with Crippen LogP contribution in [0.15, 0.2) is 52.1 Å². The van der Waals surface area contributed by atoms with Gasteiger partial charge in [0.2, 0.25) is 0 Å². The summed E-state index contributed by atoms with van der Waals surface area (Å²) >= 11 is 0. The SMILES string of the molecule is Cc1cccc(-c2c3c(=O)n(C)c(=O)n(C)c3c3n2C(C)(C)CO[C@@H]3c2ccc(O)cc2O)c1. The lowest BCUT2D eigenvalue weighted by Gasteiger charge is -2.39. The zero-order valence-corrected chi connectivity index (χ0v) is 19.8. The Kier molecular flexibility index (Phi) is 4.77. The summed E-state index contributed by atoms with van der Waals surface area (Å²) in [7, 11) is 3.12. The standard InChI is InChI=1S/C26H27N3O5/c1-14-7-6-8-15(11-14)20-19-21(27(4)25(33)28(5)24(19)32)22-23(34-13-26(2,3)29(20)22)17-10-9-16(30)12-18(17)31/h6-12,23,30-31H,13H2,1-5H3/t23-/m1/s1. The summed E-state index contributed by atoms with van der Waals surface area (Å²) in [6.45, 7) is 6.33. The molecule has 0 bridgehead atoms. The molecule has 0 amide bonds. The molecule has 0 saturated carbocycles. The van der Waals surface area contributed by atoms with E-state index in [4.69, 9.17) is 4.74 Å². The van der Waals surface area contributed by atoms with E-state index in [0.717, 1.165) is 15.7 Å². The fraction of sp³-hybridized carbons (Fsp3) is 0.308. The number of ether oxygens (including phenoxy) is 1. The van der Waals surface area contributed by atoms with Crippen LogP contribution >= 0.6 is 0 Å². The third-order valence-electron chi connectivity index (χ3n) is 6.65. The molecule has 4 aromatic rings. The van der Waals surface area contributed by atoms with Crippen molar-refractivity contribution in [2.75, 3.05) is 6.61 Å². The summed E-state index contributed by atoms with van der Waals surface area (Å²) in [4.78, 5) is 26.6. The van der Waals surface area contributed by atoms with E-state index in [-0.39, 0.29) is 17.1 Å². The number of hydrogen-bond acceptors (Lipinski definition) is 5. The van der Waals surface area contributed by atoms with Crippen molar-refractivity contribution in [3.63, 3.8) is 0 Å². The van der Waals surface area contributed by atoms with E-state index in [1.54, 1.807) is 13.1 Å². The van der Waals surface area contributed by atoms with Crippen molar-refractivity contribution >= 4 is 10.9 Å². The molecule has 1 atom stereocenters. The highest BCUT2D eigenvalue weighted by Crippen LogP contribution is 2.47. The molecule has 2 aromatic carbocycles. The molecular weight excluding hydrogens is 434 g/mol. The lowest BCUT2D eigenvalue weighted by molar-refractivity contribution is -0.00800. The zero-order chi connectivity index (χ0) is 24.5. The van der Waals surface area contributed by atoms with Gasteiger partial charge < -0.3 is 19.5 Å². The summed E-state index contributed by atoms with van der Waals surface area (Å²) in [5.41, 5.74) is 2.74. The topological polar surface area (TPSA) is 98.6 Å². The van der Waals surface area contributed by atoms with Crippen LogP contribution in [0.4, 0.5) is 0 Å². The van der Waals surface area contributed by atoms with E-state index in [9.17, 15) is 19.8 Å². The smallest absolute Gasteiger partial charge is 0.331 e. The summed E-state index contributed by atoms with van der Waals surface area (Å²) in [5, 5.41) is 20.9. The Labute approximate surface area is 195 Å². The monoisotopic (exact) mass is 461 g/mol. The summed E-state index contributed by atoms with van der Waals surface area (Å²) in [5.74, 6) is -0.198. The minimum atomic E-state index is -0.757. The van der Waals surface area contributed by atoms with Crippen LogP contribution in [0.2, 0.25) is 0 Å². The molecule has 0 fully saturated rings. The van der Waals surface area contributed by atoms with Crippen LogP contribution in [0, 0.1) is 6.92 Å². The molecule has 0 unspecified atom stereocenters. The number of aromatic nitrogens is 3. The van der Waals surface area contributed by atoms with Crippen LogP contribution in [-0.2, 0) is 24.4 Å². The number of rotatable bonds is 2. The fourth-order valence-electron chi connectivity index (χ4n) is 5.05. The molecule has 0 spiro atoms. The van der Waals surface area contributed by atoms with Gasteiger partial charge in [-0.25, -0.2) is 4.79 Å². The molecule has 3 heterocycles. The number of fused-ring (bicyclic) bond motifs is 3. The normalized spacial score (nSPS) is 17.1. The van der Waals surface area contributed by atoms with E-state index >= 15 is 0 Å². The molecule has 0 aliphatic carbocycles. The lowest BCUT2D eigenvalue weighted by Crippen LogP contribution is -2.40. The van der Waals surface area contributed by atoms with Gasteiger partial charge in [0.15, 0.2) is 0 Å². The Morgan fingerprint density at radius 1 is 1.03 bits per heavy atom. The first-order valence-corrected chi connectivity index (χ1v) is 11.1. The maximum atomic E-state index is 13.6. The number of hydrogen-bond donors (Lipinski definition) is 2. The van der Waals surface area contributed by atoms with Crippen LogP contribution in [0.25, 0.3) is 22.2 Å². The summed E-state index contributed by atoms with van der Waals surface area (Å²) in [6.07, 6.45) is -0.757. The van der Waals surface area contributed by atoms with Crippen molar-refractivity contribution in [1.82, 2.24) is 13.7 Å². The second-order valence-electron chi connectivity index (χ2n) is 9.61. The van der Waals surface area contributed by atoms with Crippen molar-refractivity contribution in [3.05, 3.63) is 80.1 Å². The van der Waals surface area contributed by atoms with Crippen LogP contribution < -0.4 is 11.2 Å². The van der Waals surface area contributed by atoms with Crippen molar-refractivity contribution in [2.24, 2.45) is 14.1 Å². The quantitative estimate of drug-likeness (QED) is 0.477. The molecule has 176 valence electrons. The van der Waals surface area contributed by atoms with Gasteiger partial charge in [-0.2, -0.15) is 0 Å². The number of aromatic hydroxyl groups is 2. The first-order valence-electron chi connectivity index (χ1n) is 11.1. The molecule has 8 nitrogen and oxygen atoms in total. The third-order valence-corrected chi connectivity index (χ3v) is 6.65. The van der Waals surface area contributed by atoms with E-state index in [2.05, 4.69) is 4.57 Å². The molecule has 5 rings (SSSR count). The van der Waals surface area contributed by atoms with Crippen LogP contribution in [0.3, 0.4) is 0 Å². The predicted molar refractivity (Wildman–Crippen MR) is 129 cm³/mol. The maximum absolute atomic E-state index is 13.6. The van der Waals surface area contributed by atoms with Crippen molar-refractivity contribution in [3.8, 4) is 22.8 Å². The molecular formula is C26H27N3O5. The first-order chi connectivity index (χ1) is 16.0. The Morgan fingerprint density at radius 2 is 1.76 bits per heavy atom. The molecule has 0 radical (unpaired) electrons. The van der Waals surface area contributed by atoms with E-state index < -0.39 is 17.3 Å². The summed E-state index contributed by atoms with van der Waals surface area (Å²) in [6, 6.07) is 12.2. The van der Waals surface area contributed by atoms with Crippen LogP contribution in [-0.4, -0.2) is 30.5 Å². The highest BCUT2D eigenvalue weighted by molar-refractivity contribution is 5.97. The minimum Gasteiger partial charge on any atom is -0.508 e. The second kappa shape index (κ2) is 7.36. The molecule has 34 heavy (non-hydrogen) atoms. The average molecular weight is 462 g/mol. The fourth-order valence-corrected chi connectivity index (χ4v) is 5.05. The van der Waals surface area contributed by atoms with E-state index in [1.807, 2.05) is 45.0 Å². The summed E-state index contributed by atoms with van der Waals surface area (Å²) < 4.78 is 11.0. The van der Waals surface area contributed by atoms with Crippen molar-refractivity contribution < 1.29 is 14.9 Å². The number of phenolic OH excluding ortho intramolecular Hbond substituents is 2. The number of phenols is 2. The van der Waals surface area contributed by atoms with Gasteiger partial charge in [-0.1, -0.05) is 23.8 Å². The molecule has 2 N–H and O–H groups in total. The highest BCUT2D eigenvalue weighted by Gasteiger charge is 2.41. The van der Waals surface area contributed by atoms with Crippen molar-refractivity contribution in [2.45, 2.75) is 32.4 Å². The zero-order valence-electron chi connectivity index (χ0n) is 19.8. The number of nitrogens with zero attached hydrogens (tertiary/aromatic N) is 3. The Morgan fingerprint density at radius 3 is 2.44 bits per heavy atom. The van der Waals surface area contributed by atoms with Gasteiger partial charge >= 0.3 is 5.69 Å². The van der Waals surface area contributed by atoms with Crippen molar-refractivity contribution in [1.29, 1.82) is 0 Å². The van der Waals surface area contributed by atoms with Gasteiger partial charge in [0.05, 0.1) is 34.4 Å². The molecule has 2 aromatic heterocycles. The van der Waals surface area contributed by atoms with Gasteiger partial charge in [0.25, 0.3) is 5.56 Å². The van der Waals surface area contributed by atoms with Gasteiger partial charge in [-0.05, 0) is 44.5 Å².